The first-order valence-corrected chi connectivity index (χ1v) is 6.91. The van der Waals surface area contributed by atoms with E-state index in [1.165, 1.54) is 6.07 Å². The fraction of sp³-hybridized carbons (Fsp3) is 0.235. The normalized spacial score (nSPS) is 12.0. The highest BCUT2D eigenvalue weighted by atomic mass is 19.1. The van der Waals surface area contributed by atoms with Crippen LogP contribution in [0.2, 0.25) is 0 Å². The molecule has 0 amide bonds. The van der Waals surface area contributed by atoms with Crippen LogP contribution < -0.4 is 5.73 Å². The molecule has 0 spiro atoms. The standard InChI is InChI=1S/C17H18FN3/c1-17(2,3)21-15-7-5-4-6-14(15)20-16(21)11-8-9-12(18)13(19)10-11/h4-10H,19H2,1-3H3. The number of nitrogens with two attached hydrogens (primary N) is 1. The zero-order valence-electron chi connectivity index (χ0n) is 12.4. The van der Waals surface area contributed by atoms with Crippen molar-refractivity contribution >= 4 is 16.7 Å². The molecule has 3 nitrogen and oxygen atoms in total. The number of hydrogen-bond acceptors (Lipinski definition) is 2. The maximum atomic E-state index is 13.4. The maximum absolute atomic E-state index is 13.4. The molecule has 0 aliphatic rings. The summed E-state index contributed by atoms with van der Waals surface area (Å²) in [6, 6.07) is 12.7. The van der Waals surface area contributed by atoms with Gasteiger partial charge in [0.15, 0.2) is 0 Å². The van der Waals surface area contributed by atoms with E-state index >= 15 is 0 Å². The molecule has 3 rings (SSSR count). The molecule has 2 N–H and O–H groups in total. The highest BCUT2D eigenvalue weighted by Gasteiger charge is 2.22. The highest BCUT2D eigenvalue weighted by molar-refractivity contribution is 5.81. The fourth-order valence-electron chi connectivity index (χ4n) is 2.58. The minimum absolute atomic E-state index is 0.139. The summed E-state index contributed by atoms with van der Waals surface area (Å²) in [5, 5.41) is 0. The summed E-state index contributed by atoms with van der Waals surface area (Å²) in [5.74, 6) is 0.396. The van der Waals surface area contributed by atoms with Crippen LogP contribution >= 0.6 is 0 Å². The number of imidazole rings is 1. The lowest BCUT2D eigenvalue weighted by Crippen LogP contribution is -2.22. The van der Waals surface area contributed by atoms with Crippen LogP contribution in [0.5, 0.6) is 0 Å². The van der Waals surface area contributed by atoms with Crippen LogP contribution in [-0.2, 0) is 5.54 Å². The van der Waals surface area contributed by atoms with Crippen molar-refractivity contribution in [2.24, 2.45) is 0 Å². The van der Waals surface area contributed by atoms with Crippen molar-refractivity contribution < 1.29 is 4.39 Å². The number of anilines is 1. The van der Waals surface area contributed by atoms with Crippen LogP contribution in [0, 0.1) is 5.82 Å². The van der Waals surface area contributed by atoms with E-state index in [0.717, 1.165) is 22.4 Å². The third-order valence-electron chi connectivity index (χ3n) is 3.49. The van der Waals surface area contributed by atoms with Crippen molar-refractivity contribution in [3.05, 3.63) is 48.3 Å². The Labute approximate surface area is 123 Å². The molecular formula is C17H18FN3. The van der Waals surface area contributed by atoms with Gasteiger partial charge in [0.1, 0.15) is 11.6 Å². The monoisotopic (exact) mass is 283 g/mol. The zero-order chi connectivity index (χ0) is 15.2. The Morgan fingerprint density at radius 3 is 2.48 bits per heavy atom. The number of aromatic nitrogens is 2. The Kier molecular flexibility index (Phi) is 2.97. The quantitative estimate of drug-likeness (QED) is 0.681. The Bertz CT molecular complexity index is 813. The van der Waals surface area contributed by atoms with E-state index in [4.69, 9.17) is 10.7 Å². The summed E-state index contributed by atoms with van der Waals surface area (Å²) < 4.78 is 15.6. The molecule has 0 radical (unpaired) electrons. The van der Waals surface area contributed by atoms with Crippen molar-refractivity contribution in [1.29, 1.82) is 0 Å². The Balaban J connectivity index is 2.33. The minimum atomic E-state index is -0.405. The molecule has 0 aliphatic heterocycles. The van der Waals surface area contributed by atoms with Gasteiger partial charge in [0, 0.05) is 11.1 Å². The van der Waals surface area contributed by atoms with E-state index in [9.17, 15) is 4.39 Å². The van der Waals surface area contributed by atoms with Gasteiger partial charge in [-0.1, -0.05) is 12.1 Å². The number of benzene rings is 2. The molecule has 1 aromatic heterocycles. The Hall–Kier alpha value is -2.36. The summed E-state index contributed by atoms with van der Waals surface area (Å²) in [6.07, 6.45) is 0. The van der Waals surface area contributed by atoms with E-state index in [2.05, 4.69) is 25.3 Å². The molecule has 4 heteroatoms. The molecule has 0 atom stereocenters. The molecule has 0 bridgehead atoms. The molecule has 108 valence electrons. The van der Waals surface area contributed by atoms with Gasteiger partial charge in [0.2, 0.25) is 0 Å². The molecule has 3 aromatic rings. The molecule has 21 heavy (non-hydrogen) atoms. The second-order valence-corrected chi connectivity index (χ2v) is 6.17. The summed E-state index contributed by atoms with van der Waals surface area (Å²) in [7, 11) is 0. The lowest BCUT2D eigenvalue weighted by Gasteiger charge is -2.24. The fourth-order valence-corrected chi connectivity index (χ4v) is 2.58. The first-order valence-electron chi connectivity index (χ1n) is 6.91. The SMILES string of the molecule is CC(C)(C)n1c(-c2ccc(F)c(N)c2)nc2ccccc21. The van der Waals surface area contributed by atoms with Gasteiger partial charge in [-0.15, -0.1) is 0 Å². The van der Waals surface area contributed by atoms with E-state index in [1.54, 1.807) is 12.1 Å². The van der Waals surface area contributed by atoms with E-state index in [-0.39, 0.29) is 11.2 Å². The summed E-state index contributed by atoms with van der Waals surface area (Å²) in [6.45, 7) is 6.37. The number of halogens is 1. The van der Waals surface area contributed by atoms with E-state index in [0.29, 0.717) is 0 Å². The lowest BCUT2D eigenvalue weighted by molar-refractivity contribution is 0.413. The topological polar surface area (TPSA) is 43.8 Å². The van der Waals surface area contributed by atoms with Crippen molar-refractivity contribution in [1.82, 2.24) is 9.55 Å². The van der Waals surface area contributed by atoms with Gasteiger partial charge in [-0.05, 0) is 51.1 Å². The van der Waals surface area contributed by atoms with Gasteiger partial charge < -0.3 is 10.3 Å². The molecule has 0 aliphatic carbocycles. The molecule has 0 unspecified atom stereocenters. The van der Waals surface area contributed by atoms with Crippen LogP contribution in [0.4, 0.5) is 10.1 Å². The van der Waals surface area contributed by atoms with Gasteiger partial charge in [-0.2, -0.15) is 0 Å². The number of nitrogen functional groups attached to an aromatic ring is 1. The van der Waals surface area contributed by atoms with Crippen LogP contribution in [0.3, 0.4) is 0 Å². The van der Waals surface area contributed by atoms with E-state index in [1.807, 2.05) is 24.3 Å². The first-order chi connectivity index (χ1) is 9.88. The number of rotatable bonds is 1. The average molecular weight is 283 g/mol. The van der Waals surface area contributed by atoms with Gasteiger partial charge in [0.25, 0.3) is 0 Å². The third-order valence-corrected chi connectivity index (χ3v) is 3.49. The second-order valence-electron chi connectivity index (χ2n) is 6.17. The van der Waals surface area contributed by atoms with E-state index < -0.39 is 5.82 Å². The van der Waals surface area contributed by atoms with Crippen molar-refractivity contribution in [2.75, 3.05) is 5.73 Å². The summed E-state index contributed by atoms with van der Waals surface area (Å²) in [4.78, 5) is 4.71. The van der Waals surface area contributed by atoms with Crippen LogP contribution in [0.25, 0.3) is 22.4 Å². The maximum Gasteiger partial charge on any atom is 0.146 e. The lowest BCUT2D eigenvalue weighted by atomic mass is 10.1. The molecule has 0 saturated heterocycles. The first kappa shape index (κ1) is 13.6. The Morgan fingerprint density at radius 2 is 1.81 bits per heavy atom. The van der Waals surface area contributed by atoms with Gasteiger partial charge in [-0.3, -0.25) is 0 Å². The van der Waals surface area contributed by atoms with Gasteiger partial charge in [-0.25, -0.2) is 9.37 Å². The highest BCUT2D eigenvalue weighted by Crippen LogP contribution is 2.32. The van der Waals surface area contributed by atoms with Crippen LogP contribution in [0.15, 0.2) is 42.5 Å². The summed E-state index contributed by atoms with van der Waals surface area (Å²) in [5.41, 5.74) is 8.49. The Morgan fingerprint density at radius 1 is 1.10 bits per heavy atom. The molecule has 0 fully saturated rings. The van der Waals surface area contributed by atoms with Crippen molar-refractivity contribution in [3.8, 4) is 11.4 Å². The largest absolute Gasteiger partial charge is 0.396 e. The number of para-hydroxylation sites is 2. The van der Waals surface area contributed by atoms with Gasteiger partial charge in [0.05, 0.1) is 16.7 Å². The second kappa shape index (κ2) is 4.58. The average Bonchev–Trinajstić information content (AvgIpc) is 2.81. The predicted octanol–water partition coefficient (Wildman–Crippen LogP) is 4.18. The van der Waals surface area contributed by atoms with Crippen molar-refractivity contribution in [2.45, 2.75) is 26.3 Å². The number of nitrogens with zero attached hydrogens (tertiary/aromatic N) is 2. The van der Waals surface area contributed by atoms with Crippen molar-refractivity contribution in [3.63, 3.8) is 0 Å². The molecular weight excluding hydrogens is 265 g/mol. The van der Waals surface area contributed by atoms with Gasteiger partial charge >= 0.3 is 0 Å². The summed E-state index contributed by atoms with van der Waals surface area (Å²) >= 11 is 0. The smallest absolute Gasteiger partial charge is 0.146 e. The zero-order valence-corrected chi connectivity index (χ0v) is 12.4. The van der Waals surface area contributed by atoms with Crippen LogP contribution in [-0.4, -0.2) is 9.55 Å². The minimum Gasteiger partial charge on any atom is -0.396 e. The van der Waals surface area contributed by atoms with Crippen LogP contribution in [0.1, 0.15) is 20.8 Å². The molecule has 0 saturated carbocycles. The number of hydrogen-bond donors (Lipinski definition) is 1. The number of fused-ring (bicyclic) bond motifs is 1. The predicted molar refractivity (Wildman–Crippen MR) is 84.5 cm³/mol. The molecule has 1 heterocycles. The third kappa shape index (κ3) is 2.27. The molecule has 2 aromatic carbocycles.